The highest BCUT2D eigenvalue weighted by Gasteiger charge is 2.54. The summed E-state index contributed by atoms with van der Waals surface area (Å²) >= 11 is 0. The minimum atomic E-state index is -0.951. The van der Waals surface area contributed by atoms with Gasteiger partial charge in [0.2, 0.25) is 0 Å². The van der Waals surface area contributed by atoms with Gasteiger partial charge in [-0.3, -0.25) is 0 Å². The van der Waals surface area contributed by atoms with Crippen molar-refractivity contribution in [2.45, 2.75) is 82.3 Å². The molecule has 1 aromatic rings. The van der Waals surface area contributed by atoms with Crippen LogP contribution in [0.4, 0.5) is 4.39 Å². The van der Waals surface area contributed by atoms with Crippen LogP contribution in [0.1, 0.15) is 64.1 Å². The van der Waals surface area contributed by atoms with Crippen molar-refractivity contribution in [2.24, 2.45) is 29.6 Å². The minimum absolute atomic E-state index is 0.0755. The maximum absolute atomic E-state index is 14.9. The third kappa shape index (κ3) is 3.31. The highest BCUT2D eigenvalue weighted by Crippen LogP contribution is 2.55. The molecule has 3 aliphatic carbocycles. The number of alkyl halides is 1. The molecule has 0 N–H and O–H groups in total. The summed E-state index contributed by atoms with van der Waals surface area (Å²) < 4.78 is 33.3. The molecule has 0 radical (unpaired) electrons. The Morgan fingerprint density at radius 3 is 2.76 bits per heavy atom. The summed E-state index contributed by atoms with van der Waals surface area (Å²) in [5, 5.41) is 0. The third-order valence-corrected chi connectivity index (χ3v) is 8.53. The van der Waals surface area contributed by atoms with Crippen LogP contribution in [0.25, 0.3) is 0 Å². The number of hydrogen-bond donors (Lipinski definition) is 0. The number of rotatable bonds is 3. The molecule has 160 valence electrons. The number of fused-ring (bicyclic) bond motifs is 3. The van der Waals surface area contributed by atoms with Gasteiger partial charge in [0, 0.05) is 18.9 Å². The van der Waals surface area contributed by atoms with Gasteiger partial charge >= 0.3 is 0 Å². The first-order valence-electron chi connectivity index (χ1n) is 11.7. The van der Waals surface area contributed by atoms with Crippen LogP contribution in [0.3, 0.4) is 0 Å². The average molecular weight is 403 g/mol. The lowest BCUT2D eigenvalue weighted by atomic mass is 9.60. The van der Waals surface area contributed by atoms with E-state index in [-0.39, 0.29) is 18.1 Å². The zero-order valence-corrected chi connectivity index (χ0v) is 17.8. The third-order valence-electron chi connectivity index (χ3n) is 8.53. The maximum atomic E-state index is 14.9. The first kappa shape index (κ1) is 19.8. The zero-order valence-electron chi connectivity index (χ0n) is 17.8. The number of methoxy groups -OCH3 is 1. The highest BCUT2D eigenvalue weighted by atomic mass is 19.1. The monoisotopic (exact) mass is 402 g/mol. The van der Waals surface area contributed by atoms with Gasteiger partial charge in [-0.05, 0) is 68.1 Å². The quantitative estimate of drug-likeness (QED) is 0.577. The lowest BCUT2D eigenvalue weighted by molar-refractivity contribution is -0.198. The Morgan fingerprint density at radius 2 is 2.00 bits per heavy atom. The van der Waals surface area contributed by atoms with E-state index in [2.05, 4.69) is 19.1 Å². The number of hydrogen-bond acceptors (Lipinski definition) is 3. The number of ether oxygens (including phenoxy) is 2. The Morgan fingerprint density at radius 1 is 1.14 bits per heavy atom. The molecule has 1 aromatic heterocycles. The van der Waals surface area contributed by atoms with Gasteiger partial charge in [-0.15, -0.1) is 0 Å². The summed E-state index contributed by atoms with van der Waals surface area (Å²) in [4.78, 5) is 0. The standard InChI is InChI=1S/C25H35FO3/c1-16-14-17-6-3-4-7-20(17)24-19(16)11-12-25(29-24,23-8-5-13-28-23)18-9-10-22(27-2)21(26)15-18/h5,8,11-13,16-22,24H,3-4,6-7,9-10,14-15H2,1-2H3. The Kier molecular flexibility index (Phi) is 5.36. The lowest BCUT2D eigenvalue weighted by Crippen LogP contribution is -2.54. The molecule has 0 aromatic carbocycles. The van der Waals surface area contributed by atoms with Crippen molar-refractivity contribution in [2.75, 3.05) is 7.11 Å². The topological polar surface area (TPSA) is 31.6 Å². The van der Waals surface area contributed by atoms with Gasteiger partial charge in [-0.2, -0.15) is 0 Å². The van der Waals surface area contributed by atoms with Crippen LogP contribution in [-0.4, -0.2) is 25.5 Å². The average Bonchev–Trinajstić information content (AvgIpc) is 3.29. The molecule has 2 heterocycles. The molecule has 0 saturated heterocycles. The van der Waals surface area contributed by atoms with Gasteiger partial charge in [-0.1, -0.05) is 32.3 Å². The van der Waals surface area contributed by atoms with Crippen molar-refractivity contribution in [3.8, 4) is 0 Å². The van der Waals surface area contributed by atoms with E-state index in [1.165, 1.54) is 32.1 Å². The molecular weight excluding hydrogens is 367 g/mol. The summed E-state index contributed by atoms with van der Waals surface area (Å²) in [6.45, 7) is 2.39. The van der Waals surface area contributed by atoms with Crippen molar-refractivity contribution >= 4 is 0 Å². The Balaban J connectivity index is 1.50. The summed E-state index contributed by atoms with van der Waals surface area (Å²) in [5.74, 6) is 3.43. The SMILES string of the molecule is COC1CCC(C2(c3ccco3)C=CC3C(C)CC4CCCCC4C3O2)CC1F. The Labute approximate surface area is 174 Å². The molecule has 4 heteroatoms. The molecule has 5 rings (SSSR count). The molecule has 3 fully saturated rings. The fourth-order valence-electron chi connectivity index (χ4n) is 7.01. The fraction of sp³-hybridized carbons (Fsp3) is 0.760. The number of halogens is 1. The van der Waals surface area contributed by atoms with Gasteiger partial charge in [0.15, 0.2) is 0 Å². The van der Waals surface area contributed by atoms with E-state index in [4.69, 9.17) is 13.9 Å². The van der Waals surface area contributed by atoms with E-state index in [1.807, 2.05) is 12.1 Å². The predicted octanol–water partition coefficient (Wildman–Crippen LogP) is 6.05. The van der Waals surface area contributed by atoms with E-state index in [0.717, 1.165) is 24.5 Å². The smallest absolute Gasteiger partial charge is 0.147 e. The minimum Gasteiger partial charge on any atom is -0.466 e. The van der Waals surface area contributed by atoms with Crippen LogP contribution in [0.15, 0.2) is 35.0 Å². The molecule has 4 aliphatic rings. The van der Waals surface area contributed by atoms with Crippen molar-refractivity contribution in [3.05, 3.63) is 36.3 Å². The van der Waals surface area contributed by atoms with Crippen molar-refractivity contribution in [1.82, 2.24) is 0 Å². The molecule has 9 unspecified atom stereocenters. The fourth-order valence-corrected chi connectivity index (χ4v) is 7.01. The molecule has 0 spiro atoms. The molecule has 29 heavy (non-hydrogen) atoms. The largest absolute Gasteiger partial charge is 0.466 e. The van der Waals surface area contributed by atoms with Crippen molar-refractivity contribution < 1.29 is 18.3 Å². The molecule has 3 saturated carbocycles. The number of furan rings is 1. The van der Waals surface area contributed by atoms with E-state index in [0.29, 0.717) is 24.2 Å². The van der Waals surface area contributed by atoms with Crippen molar-refractivity contribution in [1.29, 1.82) is 0 Å². The maximum Gasteiger partial charge on any atom is 0.147 e. The van der Waals surface area contributed by atoms with Crippen LogP contribution in [0.5, 0.6) is 0 Å². The van der Waals surface area contributed by atoms with Crippen LogP contribution in [-0.2, 0) is 15.1 Å². The van der Waals surface area contributed by atoms with Gasteiger partial charge in [0.05, 0.1) is 18.5 Å². The van der Waals surface area contributed by atoms with E-state index in [1.54, 1.807) is 13.4 Å². The summed E-state index contributed by atoms with van der Waals surface area (Å²) in [7, 11) is 1.62. The first-order chi connectivity index (χ1) is 14.1. The summed E-state index contributed by atoms with van der Waals surface area (Å²) in [6, 6.07) is 3.95. The highest BCUT2D eigenvalue weighted by molar-refractivity contribution is 5.25. The van der Waals surface area contributed by atoms with E-state index in [9.17, 15) is 4.39 Å². The van der Waals surface area contributed by atoms with E-state index >= 15 is 0 Å². The second-order valence-corrected chi connectivity index (χ2v) is 10.0. The van der Waals surface area contributed by atoms with Gasteiger partial charge < -0.3 is 13.9 Å². The molecular formula is C25H35FO3. The van der Waals surface area contributed by atoms with Crippen LogP contribution < -0.4 is 0 Å². The van der Waals surface area contributed by atoms with Crippen molar-refractivity contribution in [3.63, 3.8) is 0 Å². The first-order valence-corrected chi connectivity index (χ1v) is 11.7. The molecule has 9 atom stereocenters. The van der Waals surface area contributed by atoms with E-state index < -0.39 is 11.8 Å². The molecule has 3 nitrogen and oxygen atoms in total. The Bertz CT molecular complexity index is 716. The normalized spacial score (nSPS) is 47.4. The summed E-state index contributed by atoms with van der Waals surface area (Å²) in [6.07, 6.45) is 14.0. The second kappa shape index (κ2) is 7.85. The molecule has 1 aliphatic heterocycles. The predicted molar refractivity (Wildman–Crippen MR) is 110 cm³/mol. The summed E-state index contributed by atoms with van der Waals surface area (Å²) in [5.41, 5.74) is -0.646. The van der Waals surface area contributed by atoms with Gasteiger partial charge in [0.1, 0.15) is 17.5 Å². The lowest BCUT2D eigenvalue weighted by Gasteiger charge is -2.54. The second-order valence-electron chi connectivity index (χ2n) is 10.0. The van der Waals surface area contributed by atoms with Crippen LogP contribution in [0, 0.1) is 29.6 Å². The van der Waals surface area contributed by atoms with Crippen LogP contribution >= 0.6 is 0 Å². The van der Waals surface area contributed by atoms with Gasteiger partial charge in [-0.25, -0.2) is 4.39 Å². The van der Waals surface area contributed by atoms with Crippen LogP contribution in [0.2, 0.25) is 0 Å². The Hall–Kier alpha value is -1.13. The molecule has 0 amide bonds. The van der Waals surface area contributed by atoms with Gasteiger partial charge in [0.25, 0.3) is 0 Å². The zero-order chi connectivity index (χ0) is 20.0. The molecule has 0 bridgehead atoms.